The van der Waals surface area contributed by atoms with Crippen LogP contribution in [0.4, 0.5) is 5.82 Å². The summed E-state index contributed by atoms with van der Waals surface area (Å²) in [5.41, 5.74) is 2.30. The Kier molecular flexibility index (Phi) is 4.35. The first kappa shape index (κ1) is 13.3. The van der Waals surface area contributed by atoms with Crippen molar-refractivity contribution < 1.29 is 5.11 Å². The summed E-state index contributed by atoms with van der Waals surface area (Å²) in [6, 6.07) is 11.1. The molecular weight excluding hydrogens is 262 g/mol. The number of aliphatic hydroxyl groups is 1. The van der Waals surface area contributed by atoms with Crippen LogP contribution in [-0.4, -0.2) is 10.1 Å². The molecule has 2 N–H and O–H groups in total. The van der Waals surface area contributed by atoms with Gasteiger partial charge in [0.05, 0.1) is 12.2 Å². The van der Waals surface area contributed by atoms with E-state index in [1.165, 1.54) is 0 Å². The normalized spacial score (nSPS) is 9.95. The summed E-state index contributed by atoms with van der Waals surface area (Å²) in [5, 5.41) is 21.2. The van der Waals surface area contributed by atoms with E-state index in [9.17, 15) is 0 Å². The number of hydrogen-bond donors (Lipinski definition) is 2. The standard InChI is InChI=1S/C14H12ClN3O/c15-13-12(7-16)5-6-17-14(13)18-8-10-1-3-11(9-19)4-2-10/h1-6,19H,8-9H2,(H,17,18). The fourth-order valence-electron chi connectivity index (χ4n) is 1.60. The van der Waals surface area contributed by atoms with Crippen molar-refractivity contribution >= 4 is 17.4 Å². The lowest BCUT2D eigenvalue weighted by Gasteiger charge is -2.08. The lowest BCUT2D eigenvalue weighted by molar-refractivity contribution is 0.282. The number of pyridine rings is 1. The Balaban J connectivity index is 2.08. The number of hydrogen-bond acceptors (Lipinski definition) is 4. The quantitative estimate of drug-likeness (QED) is 0.899. The number of anilines is 1. The van der Waals surface area contributed by atoms with Crippen LogP contribution < -0.4 is 5.32 Å². The lowest BCUT2D eigenvalue weighted by atomic mass is 10.1. The third kappa shape index (κ3) is 3.22. The van der Waals surface area contributed by atoms with Crippen molar-refractivity contribution in [1.29, 1.82) is 5.26 Å². The predicted octanol–water partition coefficient (Wildman–Crippen LogP) is 2.71. The third-order valence-corrected chi connectivity index (χ3v) is 3.06. The molecule has 0 radical (unpaired) electrons. The molecule has 0 aliphatic heterocycles. The molecule has 0 aliphatic rings. The van der Waals surface area contributed by atoms with E-state index in [0.717, 1.165) is 11.1 Å². The van der Waals surface area contributed by atoms with E-state index in [1.54, 1.807) is 12.3 Å². The van der Waals surface area contributed by atoms with Gasteiger partial charge < -0.3 is 10.4 Å². The van der Waals surface area contributed by atoms with E-state index in [2.05, 4.69) is 10.3 Å². The van der Waals surface area contributed by atoms with E-state index in [4.69, 9.17) is 22.0 Å². The van der Waals surface area contributed by atoms with Gasteiger partial charge in [-0.25, -0.2) is 4.98 Å². The molecular formula is C14H12ClN3O. The minimum absolute atomic E-state index is 0.0330. The van der Waals surface area contributed by atoms with Gasteiger partial charge in [0.15, 0.2) is 0 Å². The second kappa shape index (κ2) is 6.19. The summed E-state index contributed by atoms with van der Waals surface area (Å²) in [5.74, 6) is 0.493. The summed E-state index contributed by atoms with van der Waals surface area (Å²) >= 11 is 6.04. The zero-order valence-electron chi connectivity index (χ0n) is 10.1. The maximum atomic E-state index is 8.96. The van der Waals surface area contributed by atoms with Crippen molar-refractivity contribution in [3.8, 4) is 6.07 Å². The Labute approximate surface area is 116 Å². The molecule has 0 fully saturated rings. The summed E-state index contributed by atoms with van der Waals surface area (Å²) < 4.78 is 0. The number of rotatable bonds is 4. The smallest absolute Gasteiger partial charge is 0.146 e. The first-order valence-corrected chi connectivity index (χ1v) is 6.09. The molecule has 2 aromatic rings. The molecule has 0 unspecified atom stereocenters. The molecule has 2 rings (SSSR count). The Bertz CT molecular complexity index is 605. The minimum Gasteiger partial charge on any atom is -0.392 e. The molecule has 96 valence electrons. The second-order valence-electron chi connectivity index (χ2n) is 3.96. The van der Waals surface area contributed by atoms with E-state index in [0.29, 0.717) is 22.9 Å². The fourth-order valence-corrected chi connectivity index (χ4v) is 1.82. The first-order chi connectivity index (χ1) is 9.24. The number of nitrogens with one attached hydrogen (secondary N) is 1. The number of aromatic nitrogens is 1. The monoisotopic (exact) mass is 273 g/mol. The van der Waals surface area contributed by atoms with Crippen LogP contribution >= 0.6 is 11.6 Å². The van der Waals surface area contributed by atoms with Gasteiger partial charge in [0.1, 0.15) is 16.9 Å². The van der Waals surface area contributed by atoms with Crippen LogP contribution in [0.3, 0.4) is 0 Å². The molecule has 0 amide bonds. The van der Waals surface area contributed by atoms with Crippen LogP contribution in [-0.2, 0) is 13.2 Å². The summed E-state index contributed by atoms with van der Waals surface area (Å²) in [6.07, 6.45) is 1.54. The van der Waals surface area contributed by atoms with Gasteiger partial charge in [-0.05, 0) is 17.2 Å². The molecule has 0 bridgehead atoms. The fraction of sp³-hybridized carbons (Fsp3) is 0.143. The van der Waals surface area contributed by atoms with Crippen LogP contribution in [0.15, 0.2) is 36.5 Å². The lowest BCUT2D eigenvalue weighted by Crippen LogP contribution is -2.02. The van der Waals surface area contributed by atoms with Crippen LogP contribution in [0, 0.1) is 11.3 Å². The van der Waals surface area contributed by atoms with Crippen LogP contribution in [0.5, 0.6) is 0 Å². The topological polar surface area (TPSA) is 68.9 Å². The Morgan fingerprint density at radius 2 is 1.89 bits per heavy atom. The molecule has 0 aliphatic carbocycles. The molecule has 5 heteroatoms. The van der Waals surface area contributed by atoms with Crippen molar-refractivity contribution in [3.05, 3.63) is 58.2 Å². The van der Waals surface area contributed by atoms with Crippen LogP contribution in [0.1, 0.15) is 16.7 Å². The predicted molar refractivity (Wildman–Crippen MR) is 73.7 cm³/mol. The number of halogens is 1. The van der Waals surface area contributed by atoms with Crippen molar-refractivity contribution in [3.63, 3.8) is 0 Å². The van der Waals surface area contributed by atoms with Crippen molar-refractivity contribution in [2.75, 3.05) is 5.32 Å². The van der Waals surface area contributed by atoms with E-state index >= 15 is 0 Å². The van der Waals surface area contributed by atoms with E-state index < -0.39 is 0 Å². The van der Waals surface area contributed by atoms with Gasteiger partial charge in [0.2, 0.25) is 0 Å². The summed E-state index contributed by atoms with van der Waals surface area (Å²) in [4.78, 5) is 4.10. The van der Waals surface area contributed by atoms with Gasteiger partial charge >= 0.3 is 0 Å². The zero-order valence-corrected chi connectivity index (χ0v) is 10.9. The van der Waals surface area contributed by atoms with Gasteiger partial charge in [0, 0.05) is 12.7 Å². The Hall–Kier alpha value is -2.09. The van der Waals surface area contributed by atoms with Gasteiger partial charge in [-0.15, -0.1) is 0 Å². The number of aliphatic hydroxyl groups excluding tert-OH is 1. The molecule has 0 spiro atoms. The van der Waals surface area contributed by atoms with E-state index in [1.807, 2.05) is 30.3 Å². The average Bonchev–Trinajstić information content (AvgIpc) is 2.47. The third-order valence-electron chi connectivity index (χ3n) is 2.68. The van der Waals surface area contributed by atoms with Gasteiger partial charge in [-0.3, -0.25) is 0 Å². The Morgan fingerprint density at radius 1 is 1.21 bits per heavy atom. The Morgan fingerprint density at radius 3 is 2.53 bits per heavy atom. The van der Waals surface area contributed by atoms with Crippen LogP contribution in [0.25, 0.3) is 0 Å². The SMILES string of the molecule is N#Cc1ccnc(NCc2ccc(CO)cc2)c1Cl. The highest BCUT2D eigenvalue weighted by Crippen LogP contribution is 2.23. The van der Waals surface area contributed by atoms with E-state index in [-0.39, 0.29) is 6.61 Å². The molecule has 1 heterocycles. The number of benzene rings is 1. The highest BCUT2D eigenvalue weighted by Gasteiger charge is 2.06. The summed E-state index contributed by atoms with van der Waals surface area (Å²) in [7, 11) is 0. The van der Waals surface area contributed by atoms with Gasteiger partial charge in [-0.2, -0.15) is 5.26 Å². The first-order valence-electron chi connectivity index (χ1n) is 5.71. The maximum Gasteiger partial charge on any atom is 0.146 e. The molecule has 4 nitrogen and oxygen atoms in total. The van der Waals surface area contributed by atoms with Crippen molar-refractivity contribution in [1.82, 2.24) is 4.98 Å². The average molecular weight is 274 g/mol. The second-order valence-corrected chi connectivity index (χ2v) is 4.34. The highest BCUT2D eigenvalue weighted by atomic mass is 35.5. The van der Waals surface area contributed by atoms with Crippen molar-refractivity contribution in [2.24, 2.45) is 0 Å². The number of nitriles is 1. The highest BCUT2D eigenvalue weighted by molar-refractivity contribution is 6.34. The largest absolute Gasteiger partial charge is 0.392 e. The molecule has 19 heavy (non-hydrogen) atoms. The maximum absolute atomic E-state index is 8.96. The number of nitrogens with zero attached hydrogens (tertiary/aromatic N) is 2. The van der Waals surface area contributed by atoms with Gasteiger partial charge in [0.25, 0.3) is 0 Å². The van der Waals surface area contributed by atoms with Crippen molar-refractivity contribution in [2.45, 2.75) is 13.2 Å². The molecule has 0 atom stereocenters. The summed E-state index contributed by atoms with van der Waals surface area (Å²) in [6.45, 7) is 0.582. The molecule has 1 aromatic heterocycles. The molecule has 0 saturated carbocycles. The van der Waals surface area contributed by atoms with Gasteiger partial charge in [-0.1, -0.05) is 35.9 Å². The minimum atomic E-state index is 0.0330. The zero-order chi connectivity index (χ0) is 13.7. The van der Waals surface area contributed by atoms with Crippen LogP contribution in [0.2, 0.25) is 5.02 Å². The molecule has 0 saturated heterocycles. The molecule has 1 aromatic carbocycles.